The van der Waals surface area contributed by atoms with Crippen molar-refractivity contribution in [1.29, 1.82) is 0 Å². The van der Waals surface area contributed by atoms with Gasteiger partial charge in [-0.15, -0.1) is 0 Å². The molecule has 0 aliphatic rings. The second-order valence-corrected chi connectivity index (χ2v) is 6.43. The van der Waals surface area contributed by atoms with E-state index >= 15 is 0 Å². The van der Waals surface area contributed by atoms with E-state index in [0.717, 1.165) is 5.56 Å². The maximum Gasteiger partial charge on any atom is 0.371 e. The van der Waals surface area contributed by atoms with Gasteiger partial charge in [0.05, 0.1) is 5.69 Å². The van der Waals surface area contributed by atoms with Crippen molar-refractivity contribution in [3.05, 3.63) is 81.7 Å². The zero-order valence-electron chi connectivity index (χ0n) is 15.3. The Labute approximate surface area is 166 Å². The minimum absolute atomic E-state index is 0.0596. The number of nitrogens with zero attached hydrogens (tertiary/aromatic N) is 2. The second-order valence-electron chi connectivity index (χ2n) is 5.99. The van der Waals surface area contributed by atoms with Crippen LogP contribution in [-0.4, -0.2) is 17.0 Å². The highest BCUT2D eigenvalue weighted by atomic mass is 35.5. The molecular weight excluding hydrogens is 382 g/mol. The Balaban J connectivity index is 1.59. The standard InChI is InChI=1S/C20H18ClN3O4/c1-12-18(13(2)27-23-12)20(25)28-24-19(22)15-5-9-17(10-6-15)26-11-14-3-7-16(21)8-4-14/h3-10H,11H2,1-2H3,(H2,22,24). The largest absolute Gasteiger partial charge is 0.489 e. The Morgan fingerprint density at radius 2 is 1.82 bits per heavy atom. The van der Waals surface area contributed by atoms with Gasteiger partial charge in [0, 0.05) is 10.6 Å². The number of rotatable bonds is 6. The molecule has 7 nitrogen and oxygen atoms in total. The Hall–Kier alpha value is -3.32. The number of halogens is 1. The minimum Gasteiger partial charge on any atom is -0.489 e. The molecule has 1 heterocycles. The lowest BCUT2D eigenvalue weighted by Crippen LogP contribution is -2.15. The summed E-state index contributed by atoms with van der Waals surface area (Å²) in [4.78, 5) is 17.0. The number of oxime groups is 1. The van der Waals surface area contributed by atoms with Crippen LogP contribution >= 0.6 is 11.6 Å². The smallest absolute Gasteiger partial charge is 0.371 e. The molecule has 0 fully saturated rings. The summed E-state index contributed by atoms with van der Waals surface area (Å²) in [5, 5.41) is 8.06. The lowest BCUT2D eigenvalue weighted by molar-refractivity contribution is 0.0513. The van der Waals surface area contributed by atoms with Gasteiger partial charge < -0.3 is 19.8 Å². The number of benzene rings is 2. The van der Waals surface area contributed by atoms with Gasteiger partial charge in [-0.1, -0.05) is 34.0 Å². The van der Waals surface area contributed by atoms with E-state index in [9.17, 15) is 4.79 Å². The fourth-order valence-electron chi connectivity index (χ4n) is 2.43. The van der Waals surface area contributed by atoms with E-state index < -0.39 is 5.97 Å². The minimum atomic E-state index is -0.679. The first-order valence-corrected chi connectivity index (χ1v) is 8.77. The summed E-state index contributed by atoms with van der Waals surface area (Å²) in [5.41, 5.74) is 8.14. The summed E-state index contributed by atoms with van der Waals surface area (Å²) >= 11 is 5.86. The first-order valence-electron chi connectivity index (χ1n) is 8.39. The third kappa shape index (κ3) is 4.69. The molecule has 28 heavy (non-hydrogen) atoms. The molecule has 0 atom stereocenters. The molecule has 3 aromatic rings. The van der Waals surface area contributed by atoms with Crippen LogP contribution in [0.3, 0.4) is 0 Å². The van der Waals surface area contributed by atoms with Crippen LogP contribution in [0.25, 0.3) is 0 Å². The highest BCUT2D eigenvalue weighted by Gasteiger charge is 2.19. The quantitative estimate of drug-likeness (QED) is 0.291. The van der Waals surface area contributed by atoms with Gasteiger partial charge in [-0.05, 0) is 55.8 Å². The number of amidine groups is 1. The number of ether oxygens (including phenoxy) is 1. The molecule has 0 bridgehead atoms. The Morgan fingerprint density at radius 3 is 2.43 bits per heavy atom. The summed E-state index contributed by atoms with van der Waals surface area (Å²) in [7, 11) is 0. The van der Waals surface area contributed by atoms with Gasteiger partial charge in [-0.25, -0.2) is 4.79 Å². The molecule has 0 saturated heterocycles. The number of carbonyl (C=O) groups excluding carboxylic acids is 1. The van der Waals surface area contributed by atoms with Crippen molar-refractivity contribution in [3.63, 3.8) is 0 Å². The summed E-state index contributed by atoms with van der Waals surface area (Å²) in [6.07, 6.45) is 0. The highest BCUT2D eigenvalue weighted by Crippen LogP contribution is 2.17. The monoisotopic (exact) mass is 399 g/mol. The van der Waals surface area contributed by atoms with Gasteiger partial charge in [0.25, 0.3) is 0 Å². The van der Waals surface area contributed by atoms with Crippen LogP contribution < -0.4 is 10.5 Å². The average molecular weight is 400 g/mol. The van der Waals surface area contributed by atoms with Crippen molar-refractivity contribution in [2.24, 2.45) is 10.9 Å². The number of aryl methyl sites for hydroxylation is 2. The van der Waals surface area contributed by atoms with E-state index in [0.29, 0.717) is 34.4 Å². The molecule has 0 spiro atoms. The number of hydrogen-bond acceptors (Lipinski definition) is 6. The third-order valence-electron chi connectivity index (χ3n) is 3.93. The third-order valence-corrected chi connectivity index (χ3v) is 4.19. The molecule has 144 valence electrons. The summed E-state index contributed by atoms with van der Waals surface area (Å²) in [6.45, 7) is 3.67. The molecule has 0 aliphatic carbocycles. The van der Waals surface area contributed by atoms with Crippen molar-refractivity contribution in [2.45, 2.75) is 20.5 Å². The van der Waals surface area contributed by atoms with Gasteiger partial charge in [0.2, 0.25) is 0 Å². The fraction of sp³-hybridized carbons (Fsp3) is 0.150. The predicted molar refractivity (Wildman–Crippen MR) is 104 cm³/mol. The average Bonchev–Trinajstić information content (AvgIpc) is 3.04. The van der Waals surface area contributed by atoms with Crippen LogP contribution in [0.15, 0.2) is 58.2 Å². The molecule has 0 radical (unpaired) electrons. The maximum absolute atomic E-state index is 12.1. The van der Waals surface area contributed by atoms with Crippen molar-refractivity contribution >= 4 is 23.4 Å². The number of hydrogen-bond donors (Lipinski definition) is 1. The molecule has 0 unspecified atom stereocenters. The first-order chi connectivity index (χ1) is 13.4. The van der Waals surface area contributed by atoms with Crippen molar-refractivity contribution < 1.29 is 18.9 Å². The van der Waals surface area contributed by atoms with Crippen molar-refractivity contribution in [1.82, 2.24) is 5.16 Å². The Morgan fingerprint density at radius 1 is 1.14 bits per heavy atom. The van der Waals surface area contributed by atoms with Crippen molar-refractivity contribution in [3.8, 4) is 5.75 Å². The number of aromatic nitrogens is 1. The molecule has 0 aliphatic heterocycles. The summed E-state index contributed by atoms with van der Waals surface area (Å²) < 4.78 is 10.6. The van der Waals surface area contributed by atoms with E-state index in [1.807, 2.05) is 24.3 Å². The first kappa shape index (κ1) is 19.4. The van der Waals surface area contributed by atoms with Gasteiger partial charge in [-0.3, -0.25) is 0 Å². The Kier molecular flexibility index (Phi) is 5.96. The second kappa shape index (κ2) is 8.58. The SMILES string of the molecule is Cc1noc(C)c1C(=O)O/N=C(/N)c1ccc(OCc2ccc(Cl)cc2)cc1. The van der Waals surface area contributed by atoms with E-state index in [1.165, 1.54) is 0 Å². The lowest BCUT2D eigenvalue weighted by Gasteiger charge is -2.07. The van der Waals surface area contributed by atoms with Crippen LogP contribution in [0, 0.1) is 13.8 Å². The molecule has 2 N–H and O–H groups in total. The van der Waals surface area contributed by atoms with Crippen LogP contribution in [0.2, 0.25) is 5.02 Å². The van der Waals surface area contributed by atoms with Crippen molar-refractivity contribution in [2.75, 3.05) is 0 Å². The van der Waals surface area contributed by atoms with E-state index in [4.69, 9.17) is 31.4 Å². The molecule has 1 aromatic heterocycles. The highest BCUT2D eigenvalue weighted by molar-refractivity contribution is 6.30. The molecule has 8 heteroatoms. The van der Waals surface area contributed by atoms with Gasteiger partial charge in [0.15, 0.2) is 5.84 Å². The van der Waals surface area contributed by atoms with Gasteiger partial charge in [-0.2, -0.15) is 0 Å². The van der Waals surface area contributed by atoms with Gasteiger partial charge in [0.1, 0.15) is 23.7 Å². The molecule has 2 aromatic carbocycles. The summed E-state index contributed by atoms with van der Waals surface area (Å²) in [5.74, 6) is 0.407. The van der Waals surface area contributed by atoms with Crippen LogP contribution in [0.4, 0.5) is 0 Å². The predicted octanol–water partition coefficient (Wildman–Crippen LogP) is 4.00. The number of carbonyl (C=O) groups is 1. The van der Waals surface area contributed by atoms with Gasteiger partial charge >= 0.3 is 5.97 Å². The zero-order chi connectivity index (χ0) is 20.1. The molecule has 3 rings (SSSR count). The van der Waals surface area contributed by atoms with Crippen LogP contribution in [-0.2, 0) is 11.4 Å². The fourth-order valence-corrected chi connectivity index (χ4v) is 2.56. The van der Waals surface area contributed by atoms with Crippen LogP contribution in [0.1, 0.15) is 32.9 Å². The summed E-state index contributed by atoms with van der Waals surface area (Å²) in [6, 6.07) is 14.4. The topological polar surface area (TPSA) is 99.9 Å². The maximum atomic E-state index is 12.1. The molecule has 0 amide bonds. The van der Waals surface area contributed by atoms with E-state index in [1.54, 1.807) is 38.1 Å². The van der Waals surface area contributed by atoms with E-state index in [-0.39, 0.29) is 11.4 Å². The lowest BCUT2D eigenvalue weighted by atomic mass is 10.2. The molecular formula is C20H18ClN3O4. The van der Waals surface area contributed by atoms with E-state index in [2.05, 4.69) is 10.3 Å². The Bertz CT molecular complexity index is 976. The number of nitrogens with two attached hydrogens (primary N) is 1. The molecule has 0 saturated carbocycles. The van der Waals surface area contributed by atoms with Crippen LogP contribution in [0.5, 0.6) is 5.75 Å². The zero-order valence-corrected chi connectivity index (χ0v) is 16.1. The normalized spacial score (nSPS) is 11.3.